The molecule has 1 aliphatic rings. The molecule has 2 heterocycles. The molecule has 0 bridgehead atoms. The van der Waals surface area contributed by atoms with Crippen molar-refractivity contribution < 1.29 is 14.3 Å². The van der Waals surface area contributed by atoms with Gasteiger partial charge in [-0.3, -0.25) is 9.59 Å². The van der Waals surface area contributed by atoms with Gasteiger partial charge in [0.1, 0.15) is 5.75 Å². The van der Waals surface area contributed by atoms with Crippen molar-refractivity contribution in [2.75, 3.05) is 34.3 Å². The number of benzene rings is 1. The second kappa shape index (κ2) is 8.43. The second-order valence-corrected chi connectivity index (χ2v) is 7.26. The molecule has 0 spiro atoms. The molecule has 1 fully saturated rings. The van der Waals surface area contributed by atoms with Crippen LogP contribution in [0.2, 0.25) is 0 Å². The van der Waals surface area contributed by atoms with Crippen molar-refractivity contribution >= 4 is 22.7 Å². The van der Waals surface area contributed by atoms with Crippen molar-refractivity contribution in [1.29, 1.82) is 0 Å². The van der Waals surface area contributed by atoms with Crippen LogP contribution in [0, 0.1) is 0 Å². The summed E-state index contributed by atoms with van der Waals surface area (Å²) >= 11 is 0. The summed E-state index contributed by atoms with van der Waals surface area (Å²) in [5.41, 5.74) is 2.19. The van der Waals surface area contributed by atoms with Crippen LogP contribution in [0.3, 0.4) is 0 Å². The van der Waals surface area contributed by atoms with Gasteiger partial charge in [0.05, 0.1) is 13.7 Å². The van der Waals surface area contributed by atoms with Crippen molar-refractivity contribution in [2.24, 2.45) is 0 Å². The first kappa shape index (κ1) is 19.2. The number of ether oxygens (including phenoxy) is 1. The Hall–Kier alpha value is -2.54. The standard InChI is InChI=1S/C20H28N4O3/c1-23(2)20(26)13-24-9-8-15(4-7-19(24)25)21-12-16-10-14-11-17(27-3)5-6-18(14)22-16/h5-6,10-11,15,21-22H,4,7-9,12-13H2,1-3H3. The minimum Gasteiger partial charge on any atom is -0.497 e. The van der Waals surface area contributed by atoms with Gasteiger partial charge in [-0.2, -0.15) is 0 Å². The molecule has 1 aliphatic heterocycles. The molecule has 7 heteroatoms. The Kier molecular flexibility index (Phi) is 6.01. The maximum atomic E-state index is 12.3. The van der Waals surface area contributed by atoms with Crippen LogP contribution in [-0.2, 0) is 16.1 Å². The van der Waals surface area contributed by atoms with Crippen LogP contribution in [0.15, 0.2) is 24.3 Å². The van der Waals surface area contributed by atoms with Gasteiger partial charge in [0, 0.05) is 56.2 Å². The highest BCUT2D eigenvalue weighted by Crippen LogP contribution is 2.21. The van der Waals surface area contributed by atoms with Gasteiger partial charge in [-0.1, -0.05) is 0 Å². The average Bonchev–Trinajstić information content (AvgIpc) is 2.98. The van der Waals surface area contributed by atoms with Crippen LogP contribution in [0.25, 0.3) is 10.9 Å². The van der Waals surface area contributed by atoms with E-state index in [-0.39, 0.29) is 24.4 Å². The highest BCUT2D eigenvalue weighted by molar-refractivity contribution is 5.84. The first-order valence-electron chi connectivity index (χ1n) is 9.33. The van der Waals surface area contributed by atoms with Gasteiger partial charge in [0.2, 0.25) is 11.8 Å². The molecule has 2 aromatic rings. The quantitative estimate of drug-likeness (QED) is 0.810. The molecule has 7 nitrogen and oxygen atoms in total. The lowest BCUT2D eigenvalue weighted by molar-refractivity contribution is -0.138. The monoisotopic (exact) mass is 372 g/mol. The average molecular weight is 372 g/mol. The number of fused-ring (bicyclic) bond motifs is 1. The lowest BCUT2D eigenvalue weighted by Crippen LogP contribution is -2.40. The van der Waals surface area contributed by atoms with Crippen LogP contribution in [0.5, 0.6) is 5.75 Å². The fourth-order valence-electron chi connectivity index (χ4n) is 3.36. The normalized spacial score (nSPS) is 17.8. The second-order valence-electron chi connectivity index (χ2n) is 7.26. The van der Waals surface area contributed by atoms with E-state index in [9.17, 15) is 9.59 Å². The molecule has 1 saturated heterocycles. The molecule has 0 aliphatic carbocycles. The maximum absolute atomic E-state index is 12.3. The van der Waals surface area contributed by atoms with E-state index in [2.05, 4.69) is 16.4 Å². The van der Waals surface area contributed by atoms with Gasteiger partial charge in [-0.05, 0) is 37.1 Å². The van der Waals surface area contributed by atoms with E-state index >= 15 is 0 Å². The minimum atomic E-state index is -0.0386. The number of methoxy groups -OCH3 is 1. The van der Waals surface area contributed by atoms with Crippen LogP contribution >= 0.6 is 0 Å². The number of nitrogens with one attached hydrogen (secondary N) is 2. The molecule has 0 radical (unpaired) electrons. The fourth-order valence-corrected chi connectivity index (χ4v) is 3.36. The highest BCUT2D eigenvalue weighted by Gasteiger charge is 2.24. The summed E-state index contributed by atoms with van der Waals surface area (Å²) in [5.74, 6) is 0.867. The van der Waals surface area contributed by atoms with Crippen LogP contribution < -0.4 is 10.1 Å². The van der Waals surface area contributed by atoms with Gasteiger partial charge in [0.15, 0.2) is 0 Å². The smallest absolute Gasteiger partial charge is 0.241 e. The Morgan fingerprint density at radius 1 is 1.33 bits per heavy atom. The summed E-state index contributed by atoms with van der Waals surface area (Å²) in [4.78, 5) is 30.8. The first-order valence-corrected chi connectivity index (χ1v) is 9.33. The lowest BCUT2D eigenvalue weighted by Gasteiger charge is -2.22. The third-order valence-electron chi connectivity index (χ3n) is 5.10. The number of amides is 2. The van der Waals surface area contributed by atoms with Crippen LogP contribution in [0.4, 0.5) is 0 Å². The number of likely N-dealkylation sites (N-methyl/N-ethyl adjacent to an activating group) is 1. The molecule has 3 rings (SSSR count). The van der Waals surface area contributed by atoms with Gasteiger partial charge in [-0.15, -0.1) is 0 Å². The maximum Gasteiger partial charge on any atom is 0.241 e. The molecular weight excluding hydrogens is 344 g/mol. The van der Waals surface area contributed by atoms with E-state index in [0.29, 0.717) is 19.5 Å². The van der Waals surface area contributed by atoms with Crippen molar-refractivity contribution in [2.45, 2.75) is 31.8 Å². The fraction of sp³-hybridized carbons (Fsp3) is 0.500. The third kappa shape index (κ3) is 4.80. The van der Waals surface area contributed by atoms with Crippen molar-refractivity contribution in [3.8, 4) is 5.75 Å². The summed E-state index contributed by atoms with van der Waals surface area (Å²) in [7, 11) is 5.09. The number of rotatable bonds is 6. The van der Waals surface area contributed by atoms with E-state index in [1.165, 1.54) is 4.90 Å². The number of likely N-dealkylation sites (tertiary alicyclic amines) is 1. The molecule has 27 heavy (non-hydrogen) atoms. The molecule has 1 atom stereocenters. The third-order valence-corrected chi connectivity index (χ3v) is 5.10. The Morgan fingerprint density at radius 3 is 2.89 bits per heavy atom. The number of H-pyrrole nitrogens is 1. The van der Waals surface area contributed by atoms with Gasteiger partial charge in [0.25, 0.3) is 0 Å². The highest BCUT2D eigenvalue weighted by atomic mass is 16.5. The van der Waals surface area contributed by atoms with Gasteiger partial charge >= 0.3 is 0 Å². The molecule has 0 saturated carbocycles. The predicted octanol–water partition coefficient (Wildman–Crippen LogP) is 1.74. The Balaban J connectivity index is 1.55. The van der Waals surface area contributed by atoms with E-state index < -0.39 is 0 Å². The van der Waals surface area contributed by atoms with E-state index in [0.717, 1.165) is 35.2 Å². The number of carbonyl (C=O) groups excluding carboxylic acids is 2. The van der Waals surface area contributed by atoms with E-state index in [1.807, 2.05) is 18.2 Å². The predicted molar refractivity (Wildman–Crippen MR) is 105 cm³/mol. The Morgan fingerprint density at radius 2 is 2.15 bits per heavy atom. The van der Waals surface area contributed by atoms with Crippen molar-refractivity contribution in [3.63, 3.8) is 0 Å². The zero-order chi connectivity index (χ0) is 19.4. The van der Waals surface area contributed by atoms with Crippen molar-refractivity contribution in [3.05, 3.63) is 30.0 Å². The summed E-state index contributed by atoms with van der Waals surface area (Å²) in [6.07, 6.45) is 2.11. The number of carbonyl (C=O) groups is 2. The summed E-state index contributed by atoms with van der Waals surface area (Å²) < 4.78 is 5.27. The number of aromatic amines is 1. The Labute approximate surface area is 159 Å². The van der Waals surface area contributed by atoms with Gasteiger partial charge in [-0.25, -0.2) is 0 Å². The van der Waals surface area contributed by atoms with Gasteiger partial charge < -0.3 is 24.8 Å². The number of aromatic nitrogens is 1. The largest absolute Gasteiger partial charge is 0.497 e. The first-order chi connectivity index (χ1) is 13.0. The minimum absolute atomic E-state index is 0.0386. The summed E-state index contributed by atoms with van der Waals surface area (Å²) in [6.45, 7) is 1.49. The molecule has 146 valence electrons. The zero-order valence-corrected chi connectivity index (χ0v) is 16.2. The van der Waals surface area contributed by atoms with E-state index in [4.69, 9.17) is 4.74 Å². The molecule has 2 N–H and O–H groups in total. The topological polar surface area (TPSA) is 77.7 Å². The van der Waals surface area contributed by atoms with E-state index in [1.54, 1.807) is 26.1 Å². The molecular formula is C20H28N4O3. The SMILES string of the molecule is COc1ccc2[nH]c(CNC3CCC(=O)N(CC(=O)N(C)C)CC3)cc2c1. The number of nitrogens with zero attached hydrogens (tertiary/aromatic N) is 2. The Bertz CT molecular complexity index is 815. The zero-order valence-electron chi connectivity index (χ0n) is 16.2. The summed E-state index contributed by atoms with van der Waals surface area (Å²) in [6, 6.07) is 8.35. The molecule has 1 unspecified atom stereocenters. The molecule has 1 aromatic carbocycles. The number of hydrogen-bond acceptors (Lipinski definition) is 4. The number of hydrogen-bond donors (Lipinski definition) is 2. The van der Waals surface area contributed by atoms with Crippen molar-refractivity contribution in [1.82, 2.24) is 20.1 Å². The molecule has 2 amide bonds. The van der Waals surface area contributed by atoms with Crippen LogP contribution in [-0.4, -0.2) is 66.9 Å². The molecule has 1 aromatic heterocycles. The summed E-state index contributed by atoms with van der Waals surface area (Å²) in [5, 5.41) is 4.67. The lowest BCUT2D eigenvalue weighted by atomic mass is 10.1. The van der Waals surface area contributed by atoms with Crippen LogP contribution in [0.1, 0.15) is 25.0 Å².